The standard InChI is InChI=1S/C13H9Cl2NO/c14-10-5-3-6-11(13(10)15)16-8-9-4-1-2-7-12(9)17/h1-8,17H. The van der Waals surface area contributed by atoms with Crippen LogP contribution in [0.4, 0.5) is 5.69 Å². The van der Waals surface area contributed by atoms with Crippen LogP contribution in [0.1, 0.15) is 5.56 Å². The van der Waals surface area contributed by atoms with Crippen molar-refractivity contribution in [3.8, 4) is 5.75 Å². The maximum absolute atomic E-state index is 9.56. The van der Waals surface area contributed by atoms with E-state index in [-0.39, 0.29) is 5.75 Å². The maximum Gasteiger partial charge on any atom is 0.124 e. The number of phenols is 1. The summed E-state index contributed by atoms with van der Waals surface area (Å²) in [4.78, 5) is 4.20. The predicted molar refractivity (Wildman–Crippen MR) is 71.8 cm³/mol. The Morgan fingerprint density at radius 3 is 2.53 bits per heavy atom. The van der Waals surface area contributed by atoms with Gasteiger partial charge in [0, 0.05) is 11.8 Å². The van der Waals surface area contributed by atoms with E-state index in [2.05, 4.69) is 4.99 Å². The van der Waals surface area contributed by atoms with Gasteiger partial charge in [-0.25, -0.2) is 0 Å². The zero-order valence-electron chi connectivity index (χ0n) is 8.77. The monoisotopic (exact) mass is 265 g/mol. The van der Waals surface area contributed by atoms with Gasteiger partial charge in [0.2, 0.25) is 0 Å². The molecule has 0 fully saturated rings. The molecule has 0 aromatic heterocycles. The average Bonchev–Trinajstić information content (AvgIpc) is 2.33. The molecule has 2 aromatic rings. The molecule has 0 aliphatic carbocycles. The molecular formula is C13H9Cl2NO. The van der Waals surface area contributed by atoms with Gasteiger partial charge in [-0.3, -0.25) is 4.99 Å². The summed E-state index contributed by atoms with van der Waals surface area (Å²) in [6.07, 6.45) is 1.55. The molecule has 1 N–H and O–H groups in total. The zero-order valence-corrected chi connectivity index (χ0v) is 10.3. The summed E-state index contributed by atoms with van der Waals surface area (Å²) in [7, 11) is 0. The van der Waals surface area contributed by atoms with Gasteiger partial charge in [-0.15, -0.1) is 0 Å². The fourth-order valence-corrected chi connectivity index (χ4v) is 1.67. The van der Waals surface area contributed by atoms with Gasteiger partial charge in [-0.1, -0.05) is 41.4 Å². The van der Waals surface area contributed by atoms with Crippen LogP contribution in [-0.2, 0) is 0 Å². The molecule has 0 heterocycles. The lowest BCUT2D eigenvalue weighted by molar-refractivity contribution is 0.474. The minimum absolute atomic E-state index is 0.175. The first-order chi connectivity index (χ1) is 8.18. The highest BCUT2D eigenvalue weighted by atomic mass is 35.5. The highest BCUT2D eigenvalue weighted by Crippen LogP contribution is 2.31. The van der Waals surface area contributed by atoms with Crippen LogP contribution in [0, 0.1) is 0 Å². The van der Waals surface area contributed by atoms with Crippen molar-refractivity contribution in [3.63, 3.8) is 0 Å². The highest BCUT2D eigenvalue weighted by molar-refractivity contribution is 6.43. The Balaban J connectivity index is 2.33. The van der Waals surface area contributed by atoms with Crippen molar-refractivity contribution in [2.75, 3.05) is 0 Å². The van der Waals surface area contributed by atoms with Gasteiger partial charge in [0.1, 0.15) is 5.75 Å². The third kappa shape index (κ3) is 2.78. The summed E-state index contributed by atoms with van der Waals surface area (Å²) in [6.45, 7) is 0. The van der Waals surface area contributed by atoms with Crippen molar-refractivity contribution in [2.24, 2.45) is 4.99 Å². The van der Waals surface area contributed by atoms with Gasteiger partial charge in [0.25, 0.3) is 0 Å². The molecule has 2 rings (SSSR count). The van der Waals surface area contributed by atoms with Crippen molar-refractivity contribution in [1.29, 1.82) is 0 Å². The number of para-hydroxylation sites is 1. The van der Waals surface area contributed by atoms with Crippen LogP contribution in [0.2, 0.25) is 10.0 Å². The number of benzene rings is 2. The molecule has 0 radical (unpaired) electrons. The Labute approximate surface area is 109 Å². The van der Waals surface area contributed by atoms with E-state index in [1.54, 1.807) is 42.6 Å². The van der Waals surface area contributed by atoms with Crippen LogP contribution in [0.3, 0.4) is 0 Å². The van der Waals surface area contributed by atoms with Crippen LogP contribution in [0.5, 0.6) is 5.75 Å². The quantitative estimate of drug-likeness (QED) is 0.800. The minimum atomic E-state index is 0.175. The lowest BCUT2D eigenvalue weighted by atomic mass is 10.2. The SMILES string of the molecule is Oc1ccccc1C=Nc1cccc(Cl)c1Cl. The number of hydrogen-bond donors (Lipinski definition) is 1. The number of aromatic hydroxyl groups is 1. The molecule has 0 unspecified atom stereocenters. The molecule has 0 aliphatic rings. The first-order valence-electron chi connectivity index (χ1n) is 4.94. The van der Waals surface area contributed by atoms with Gasteiger partial charge in [0.15, 0.2) is 0 Å². The number of halogens is 2. The summed E-state index contributed by atoms with van der Waals surface area (Å²) >= 11 is 11.9. The Morgan fingerprint density at radius 2 is 1.76 bits per heavy atom. The van der Waals surface area contributed by atoms with E-state index in [1.807, 2.05) is 6.07 Å². The van der Waals surface area contributed by atoms with Crippen molar-refractivity contribution in [2.45, 2.75) is 0 Å². The molecule has 2 nitrogen and oxygen atoms in total. The third-order valence-electron chi connectivity index (χ3n) is 2.21. The molecule has 0 saturated heterocycles. The van der Waals surface area contributed by atoms with Gasteiger partial charge in [-0.2, -0.15) is 0 Å². The fraction of sp³-hybridized carbons (Fsp3) is 0. The molecule has 0 saturated carbocycles. The van der Waals surface area contributed by atoms with Crippen molar-refractivity contribution in [1.82, 2.24) is 0 Å². The van der Waals surface area contributed by atoms with E-state index < -0.39 is 0 Å². The predicted octanol–water partition coefficient (Wildman–Crippen LogP) is 4.45. The molecular weight excluding hydrogens is 257 g/mol. The summed E-state index contributed by atoms with van der Waals surface area (Å²) in [5, 5.41) is 10.4. The Morgan fingerprint density at radius 1 is 1.00 bits per heavy atom. The molecule has 0 amide bonds. The van der Waals surface area contributed by atoms with Gasteiger partial charge >= 0.3 is 0 Å². The first-order valence-corrected chi connectivity index (χ1v) is 5.70. The fourth-order valence-electron chi connectivity index (χ4n) is 1.33. The van der Waals surface area contributed by atoms with E-state index in [1.165, 1.54) is 0 Å². The van der Waals surface area contributed by atoms with Crippen LogP contribution in [0.25, 0.3) is 0 Å². The van der Waals surface area contributed by atoms with Crippen LogP contribution >= 0.6 is 23.2 Å². The normalized spacial score (nSPS) is 10.9. The summed E-state index contributed by atoms with van der Waals surface area (Å²) in [5.41, 5.74) is 1.20. The molecule has 17 heavy (non-hydrogen) atoms. The molecule has 2 aromatic carbocycles. The van der Waals surface area contributed by atoms with Gasteiger partial charge in [0.05, 0.1) is 15.7 Å². The molecule has 0 spiro atoms. The van der Waals surface area contributed by atoms with E-state index in [4.69, 9.17) is 23.2 Å². The van der Waals surface area contributed by atoms with Crippen LogP contribution in [0.15, 0.2) is 47.5 Å². The van der Waals surface area contributed by atoms with Crippen molar-refractivity contribution >= 4 is 35.1 Å². The summed E-state index contributed by atoms with van der Waals surface area (Å²) in [5.74, 6) is 0.175. The minimum Gasteiger partial charge on any atom is -0.507 e. The highest BCUT2D eigenvalue weighted by Gasteiger charge is 2.02. The lowest BCUT2D eigenvalue weighted by Gasteiger charge is -2.00. The van der Waals surface area contributed by atoms with Crippen molar-refractivity contribution in [3.05, 3.63) is 58.1 Å². The van der Waals surface area contributed by atoms with E-state index >= 15 is 0 Å². The van der Waals surface area contributed by atoms with Gasteiger partial charge < -0.3 is 5.11 Å². The molecule has 0 aliphatic heterocycles. The second kappa shape index (κ2) is 5.21. The summed E-state index contributed by atoms with van der Waals surface area (Å²) in [6, 6.07) is 12.2. The molecule has 0 atom stereocenters. The second-order valence-electron chi connectivity index (χ2n) is 3.39. The van der Waals surface area contributed by atoms with E-state index in [9.17, 15) is 5.11 Å². The smallest absolute Gasteiger partial charge is 0.124 e. The number of phenolic OH excluding ortho intramolecular Hbond substituents is 1. The largest absolute Gasteiger partial charge is 0.507 e. The second-order valence-corrected chi connectivity index (χ2v) is 4.18. The topological polar surface area (TPSA) is 32.6 Å². The number of rotatable bonds is 2. The van der Waals surface area contributed by atoms with E-state index in [0.717, 1.165) is 0 Å². The third-order valence-corrected chi connectivity index (χ3v) is 3.02. The Kier molecular flexibility index (Phi) is 3.67. The average molecular weight is 266 g/mol. The maximum atomic E-state index is 9.56. The summed E-state index contributed by atoms with van der Waals surface area (Å²) < 4.78 is 0. The number of nitrogens with zero attached hydrogens (tertiary/aromatic N) is 1. The molecule has 0 bridgehead atoms. The number of hydrogen-bond acceptors (Lipinski definition) is 2. The van der Waals surface area contributed by atoms with E-state index in [0.29, 0.717) is 21.3 Å². The Hall–Kier alpha value is -1.51. The lowest BCUT2D eigenvalue weighted by Crippen LogP contribution is -1.81. The van der Waals surface area contributed by atoms with Crippen LogP contribution < -0.4 is 0 Å². The zero-order chi connectivity index (χ0) is 12.3. The Bertz CT molecular complexity index is 567. The number of aliphatic imine (C=N–C) groups is 1. The van der Waals surface area contributed by atoms with Crippen LogP contribution in [-0.4, -0.2) is 11.3 Å². The molecule has 86 valence electrons. The van der Waals surface area contributed by atoms with Crippen molar-refractivity contribution < 1.29 is 5.11 Å². The molecule has 4 heteroatoms. The van der Waals surface area contributed by atoms with Gasteiger partial charge in [-0.05, 0) is 24.3 Å². The first kappa shape index (κ1) is 12.0.